The quantitative estimate of drug-likeness (QED) is 0.822. The molecule has 20 heavy (non-hydrogen) atoms. The van der Waals surface area contributed by atoms with E-state index in [0.717, 1.165) is 47.4 Å². The number of hydrogen-bond donors (Lipinski definition) is 2. The lowest BCUT2D eigenvalue weighted by molar-refractivity contribution is -0.913. The van der Waals surface area contributed by atoms with E-state index in [1.54, 1.807) is 0 Å². The summed E-state index contributed by atoms with van der Waals surface area (Å²) in [6, 6.07) is 7.52. The van der Waals surface area contributed by atoms with Crippen molar-refractivity contribution in [2.75, 3.05) is 51.7 Å². The van der Waals surface area contributed by atoms with Crippen molar-refractivity contribution in [1.29, 1.82) is 0 Å². The van der Waals surface area contributed by atoms with E-state index in [0.29, 0.717) is 0 Å². The van der Waals surface area contributed by atoms with Crippen LogP contribution in [0.2, 0.25) is 0 Å². The Morgan fingerprint density at radius 2 is 2.15 bits per heavy atom. The fourth-order valence-electron chi connectivity index (χ4n) is 2.38. The molecule has 110 valence electrons. The van der Waals surface area contributed by atoms with Gasteiger partial charge in [0, 0.05) is 10.2 Å². The number of quaternary nitrogens is 1. The summed E-state index contributed by atoms with van der Waals surface area (Å²) in [5, 5.41) is 12.0. The lowest BCUT2D eigenvalue weighted by atomic mass is 10.2. The molecule has 1 aromatic rings. The summed E-state index contributed by atoms with van der Waals surface area (Å²) >= 11 is 3.39. The van der Waals surface area contributed by atoms with Crippen LogP contribution in [0.4, 0.5) is 10.5 Å². The molecular weight excluding hydrogens is 322 g/mol. The van der Waals surface area contributed by atoms with E-state index < -0.39 is 0 Å². The van der Waals surface area contributed by atoms with E-state index in [1.165, 1.54) is 0 Å². The first kappa shape index (κ1) is 15.3. The topological polar surface area (TPSA) is 52.6 Å². The molecule has 0 unspecified atom stereocenters. The molecule has 1 aromatic carbocycles. The van der Waals surface area contributed by atoms with Gasteiger partial charge in [-0.2, -0.15) is 0 Å². The Bertz CT molecular complexity index is 473. The van der Waals surface area contributed by atoms with Gasteiger partial charge in [-0.05, 0) is 18.2 Å². The fourth-order valence-corrected chi connectivity index (χ4v) is 2.78. The van der Waals surface area contributed by atoms with Crippen LogP contribution in [0.5, 0.6) is 0 Å². The second kappa shape index (κ2) is 6.56. The highest BCUT2D eigenvalue weighted by Gasteiger charge is 2.30. The molecule has 2 N–H and O–H groups in total. The Morgan fingerprint density at radius 1 is 1.45 bits per heavy atom. The first-order valence-corrected chi connectivity index (χ1v) is 7.58. The number of rotatable bonds is 3. The third-order valence-electron chi connectivity index (χ3n) is 3.82. The zero-order valence-corrected chi connectivity index (χ0v) is 13.3. The minimum atomic E-state index is -0.0571. The molecular formula is C14H21BrN3O2+. The van der Waals surface area contributed by atoms with Crippen molar-refractivity contribution in [3.63, 3.8) is 0 Å². The Morgan fingerprint density at radius 3 is 2.75 bits per heavy atom. The van der Waals surface area contributed by atoms with E-state index in [4.69, 9.17) is 5.11 Å². The maximum atomic E-state index is 12.2. The number of hydrogen-bond acceptors (Lipinski definition) is 2. The molecule has 0 bridgehead atoms. The molecule has 1 heterocycles. The molecule has 5 nitrogen and oxygen atoms in total. The number of amides is 2. The number of aliphatic hydroxyl groups excluding tert-OH is 1. The maximum absolute atomic E-state index is 12.2. The molecule has 0 atom stereocenters. The van der Waals surface area contributed by atoms with Crippen LogP contribution >= 0.6 is 15.9 Å². The number of nitrogens with zero attached hydrogens (tertiary/aromatic N) is 2. The van der Waals surface area contributed by atoms with Gasteiger partial charge >= 0.3 is 6.03 Å². The number of benzene rings is 1. The SMILES string of the molecule is C[N+]1(CCO)CCN(C(=O)Nc2cccc(Br)c2)CC1. The lowest BCUT2D eigenvalue weighted by Gasteiger charge is -2.41. The second-order valence-electron chi connectivity index (χ2n) is 5.44. The van der Waals surface area contributed by atoms with Crippen LogP contribution < -0.4 is 5.32 Å². The van der Waals surface area contributed by atoms with Gasteiger partial charge in [0.1, 0.15) is 6.54 Å². The standard InChI is InChI=1S/C14H20BrN3O2/c1-18(9-10-19)7-5-17(6-8-18)14(20)16-13-4-2-3-12(15)11-13/h2-4,11,19H,5-10H2,1H3/p+1. The Hall–Kier alpha value is -1.11. The molecule has 0 aromatic heterocycles. The molecule has 0 saturated carbocycles. The van der Waals surface area contributed by atoms with Crippen molar-refractivity contribution in [2.24, 2.45) is 0 Å². The number of carbonyl (C=O) groups excluding carboxylic acids is 1. The summed E-state index contributed by atoms with van der Waals surface area (Å²) in [5.41, 5.74) is 0.794. The highest BCUT2D eigenvalue weighted by molar-refractivity contribution is 9.10. The van der Waals surface area contributed by atoms with E-state index >= 15 is 0 Å². The van der Waals surface area contributed by atoms with Crippen LogP contribution in [0.25, 0.3) is 0 Å². The predicted molar refractivity (Wildman–Crippen MR) is 82.6 cm³/mol. The van der Waals surface area contributed by atoms with Gasteiger partial charge < -0.3 is 19.8 Å². The van der Waals surface area contributed by atoms with Crippen LogP contribution in [0.1, 0.15) is 0 Å². The average Bonchev–Trinajstić information content (AvgIpc) is 2.39. The number of carbonyl (C=O) groups is 1. The minimum Gasteiger partial charge on any atom is -0.391 e. The van der Waals surface area contributed by atoms with E-state index in [2.05, 4.69) is 28.3 Å². The zero-order valence-electron chi connectivity index (χ0n) is 11.7. The average molecular weight is 343 g/mol. The normalized spacial score (nSPS) is 17.9. The molecule has 0 radical (unpaired) electrons. The van der Waals surface area contributed by atoms with Gasteiger partial charge in [0.2, 0.25) is 0 Å². The number of nitrogens with one attached hydrogen (secondary N) is 1. The van der Waals surface area contributed by atoms with Crippen molar-refractivity contribution in [2.45, 2.75) is 0 Å². The van der Waals surface area contributed by atoms with Crippen LogP contribution in [0, 0.1) is 0 Å². The van der Waals surface area contributed by atoms with E-state index in [-0.39, 0.29) is 12.6 Å². The number of halogens is 1. The minimum absolute atomic E-state index is 0.0571. The summed E-state index contributed by atoms with van der Waals surface area (Å²) in [6.07, 6.45) is 0. The van der Waals surface area contributed by atoms with E-state index in [9.17, 15) is 4.79 Å². The van der Waals surface area contributed by atoms with Gasteiger partial charge in [0.15, 0.2) is 0 Å². The summed E-state index contributed by atoms with van der Waals surface area (Å²) < 4.78 is 1.78. The first-order chi connectivity index (χ1) is 9.52. The highest BCUT2D eigenvalue weighted by Crippen LogP contribution is 2.17. The predicted octanol–water partition coefficient (Wildman–Crippen LogP) is 1.74. The zero-order chi connectivity index (χ0) is 14.6. The summed E-state index contributed by atoms with van der Waals surface area (Å²) in [5.74, 6) is 0. The molecule has 0 spiro atoms. The number of anilines is 1. The molecule has 2 rings (SSSR count). The Labute approximate surface area is 127 Å². The van der Waals surface area contributed by atoms with E-state index in [1.807, 2.05) is 29.2 Å². The fraction of sp³-hybridized carbons (Fsp3) is 0.500. The third kappa shape index (κ3) is 3.94. The Kier molecular flexibility index (Phi) is 5.01. The Balaban J connectivity index is 1.89. The van der Waals surface area contributed by atoms with Crippen LogP contribution in [0.3, 0.4) is 0 Å². The molecule has 6 heteroatoms. The van der Waals surface area contributed by atoms with Gasteiger partial charge in [0.05, 0.1) is 39.8 Å². The molecule has 1 aliphatic heterocycles. The van der Waals surface area contributed by atoms with Gasteiger partial charge in [0.25, 0.3) is 0 Å². The molecule has 1 fully saturated rings. The van der Waals surface area contributed by atoms with Crippen LogP contribution in [0.15, 0.2) is 28.7 Å². The van der Waals surface area contributed by atoms with Gasteiger partial charge in [-0.1, -0.05) is 22.0 Å². The highest BCUT2D eigenvalue weighted by atomic mass is 79.9. The number of aliphatic hydroxyl groups is 1. The number of piperazine rings is 1. The summed E-state index contributed by atoms with van der Waals surface area (Å²) in [7, 11) is 2.12. The molecule has 1 aliphatic rings. The van der Waals surface area contributed by atoms with Crippen molar-refractivity contribution >= 4 is 27.6 Å². The van der Waals surface area contributed by atoms with Crippen LogP contribution in [-0.4, -0.2) is 66.9 Å². The van der Waals surface area contributed by atoms with Gasteiger partial charge in [-0.25, -0.2) is 4.79 Å². The van der Waals surface area contributed by atoms with Gasteiger partial charge in [-0.3, -0.25) is 0 Å². The summed E-state index contributed by atoms with van der Waals surface area (Å²) in [6.45, 7) is 4.15. The third-order valence-corrected chi connectivity index (χ3v) is 4.32. The second-order valence-corrected chi connectivity index (χ2v) is 6.36. The van der Waals surface area contributed by atoms with Crippen LogP contribution in [-0.2, 0) is 0 Å². The molecule has 2 amide bonds. The van der Waals surface area contributed by atoms with Crippen molar-refractivity contribution in [1.82, 2.24) is 4.90 Å². The number of urea groups is 1. The van der Waals surface area contributed by atoms with Crippen molar-refractivity contribution < 1.29 is 14.4 Å². The van der Waals surface area contributed by atoms with Gasteiger partial charge in [-0.15, -0.1) is 0 Å². The summed E-state index contributed by atoms with van der Waals surface area (Å²) in [4.78, 5) is 14.0. The molecule has 1 saturated heterocycles. The molecule has 0 aliphatic carbocycles. The van der Waals surface area contributed by atoms with Crippen molar-refractivity contribution in [3.05, 3.63) is 28.7 Å². The lowest BCUT2D eigenvalue weighted by Crippen LogP contribution is -2.59. The first-order valence-electron chi connectivity index (χ1n) is 6.78. The maximum Gasteiger partial charge on any atom is 0.322 e. The monoisotopic (exact) mass is 342 g/mol. The smallest absolute Gasteiger partial charge is 0.322 e. The largest absolute Gasteiger partial charge is 0.391 e. The number of likely N-dealkylation sites (N-methyl/N-ethyl adjacent to an activating group) is 1. The van der Waals surface area contributed by atoms with Crippen molar-refractivity contribution in [3.8, 4) is 0 Å².